The van der Waals surface area contributed by atoms with Gasteiger partial charge in [-0.1, -0.05) is 30.3 Å². The van der Waals surface area contributed by atoms with Crippen LogP contribution in [0.15, 0.2) is 48.5 Å². The number of rotatable bonds is 6. The summed E-state index contributed by atoms with van der Waals surface area (Å²) in [6.07, 6.45) is 4.04. The third-order valence-electron chi connectivity index (χ3n) is 8.22. The van der Waals surface area contributed by atoms with E-state index in [0.717, 1.165) is 49.5 Å². The molecular weight excluding hydrogens is 471 g/mol. The molecule has 2 saturated heterocycles. The van der Waals surface area contributed by atoms with Gasteiger partial charge in [0.15, 0.2) is 5.82 Å². The molecule has 3 heterocycles. The lowest BCUT2D eigenvalue weighted by atomic mass is 9.96. The first-order valence-corrected chi connectivity index (χ1v) is 13.0. The lowest BCUT2D eigenvalue weighted by molar-refractivity contribution is 0.140. The first-order valence-electron chi connectivity index (χ1n) is 13.0. The Hall–Kier alpha value is -3.49. The van der Waals surface area contributed by atoms with Crippen molar-refractivity contribution in [2.45, 2.75) is 37.8 Å². The highest BCUT2D eigenvalue weighted by molar-refractivity contribution is 6.01. The van der Waals surface area contributed by atoms with E-state index < -0.39 is 5.82 Å². The monoisotopic (exact) mass is 500 g/mol. The van der Waals surface area contributed by atoms with Crippen LogP contribution < -0.4 is 15.0 Å². The Kier molecular flexibility index (Phi) is 5.23. The van der Waals surface area contributed by atoms with Crippen LogP contribution in [-0.2, 0) is 0 Å². The molecule has 3 fully saturated rings. The number of piperazine rings is 1. The van der Waals surface area contributed by atoms with Crippen LogP contribution in [0.25, 0.3) is 32.8 Å². The van der Waals surface area contributed by atoms with Gasteiger partial charge in [0.25, 0.3) is 0 Å². The molecule has 0 amide bonds. The molecule has 1 aromatic heterocycles. The number of phenolic OH excluding ortho intramolecular Hbond substituents is 1. The normalized spacial score (nSPS) is 22.1. The molecule has 2 atom stereocenters. The number of phenols is 1. The predicted octanol–water partition coefficient (Wildman–Crippen LogP) is 4.39. The van der Waals surface area contributed by atoms with E-state index in [4.69, 9.17) is 9.72 Å². The number of benzene rings is 3. The fraction of sp³-hybridized carbons (Fsp3) is 0.379. The summed E-state index contributed by atoms with van der Waals surface area (Å²) in [4.78, 5) is 11.5. The average Bonchev–Trinajstić information content (AvgIpc) is 3.63. The predicted molar refractivity (Wildman–Crippen MR) is 141 cm³/mol. The van der Waals surface area contributed by atoms with Gasteiger partial charge in [-0.3, -0.25) is 0 Å². The zero-order chi connectivity index (χ0) is 25.1. The summed E-state index contributed by atoms with van der Waals surface area (Å²) < 4.78 is 22.4. The Morgan fingerprint density at radius 2 is 1.78 bits per heavy atom. The fourth-order valence-electron chi connectivity index (χ4n) is 5.87. The van der Waals surface area contributed by atoms with Crippen LogP contribution in [-0.4, -0.2) is 58.6 Å². The van der Waals surface area contributed by atoms with Gasteiger partial charge < -0.3 is 25.2 Å². The second kappa shape index (κ2) is 8.53. The number of fused-ring (bicyclic) bond motifs is 4. The van der Waals surface area contributed by atoms with Crippen molar-refractivity contribution in [1.82, 2.24) is 15.3 Å². The van der Waals surface area contributed by atoms with Crippen LogP contribution in [0, 0.1) is 11.2 Å². The maximum absolute atomic E-state index is 16.4. The molecule has 3 N–H and O–H groups in total. The van der Waals surface area contributed by atoms with Gasteiger partial charge in [0.2, 0.25) is 0 Å². The molecule has 2 aliphatic heterocycles. The van der Waals surface area contributed by atoms with Crippen LogP contribution in [0.2, 0.25) is 0 Å². The molecule has 8 heteroatoms. The van der Waals surface area contributed by atoms with E-state index in [0.29, 0.717) is 41.0 Å². The molecule has 190 valence electrons. The van der Waals surface area contributed by atoms with Crippen LogP contribution in [0.5, 0.6) is 11.8 Å². The summed E-state index contributed by atoms with van der Waals surface area (Å²) in [6.45, 7) is 1.95. The maximum Gasteiger partial charge on any atom is 0.319 e. The van der Waals surface area contributed by atoms with E-state index in [9.17, 15) is 10.2 Å². The molecule has 0 radical (unpaired) electrons. The molecule has 7 nitrogen and oxygen atoms in total. The highest BCUT2D eigenvalue weighted by atomic mass is 19.1. The van der Waals surface area contributed by atoms with E-state index in [1.165, 1.54) is 0 Å². The number of hydrogen-bond acceptors (Lipinski definition) is 7. The summed E-state index contributed by atoms with van der Waals surface area (Å²) in [5, 5.41) is 26.1. The molecule has 37 heavy (non-hydrogen) atoms. The second-order valence-corrected chi connectivity index (χ2v) is 10.9. The van der Waals surface area contributed by atoms with Crippen molar-refractivity contribution in [3.63, 3.8) is 0 Å². The standard InChI is InChI=1S/C29H29FN4O3/c30-25-22(24-12-20(36)11-17-3-1-2-4-21(17)24)7-8-23-26(25)32-28(37-16-29(15-35)9-10-29)33-27(23)34-13-18-5-6-19(14-34)31-18/h1-4,7-8,11-12,18-19,31,35-36H,5-6,9-10,13-16H2. The first-order chi connectivity index (χ1) is 18.0. The quantitative estimate of drug-likeness (QED) is 0.362. The minimum Gasteiger partial charge on any atom is -0.508 e. The van der Waals surface area contributed by atoms with Crippen LogP contribution in [0.4, 0.5) is 10.2 Å². The molecule has 3 aromatic carbocycles. The number of nitrogens with one attached hydrogen (secondary N) is 1. The van der Waals surface area contributed by atoms with Gasteiger partial charge in [-0.15, -0.1) is 0 Å². The number of halogens is 1. The van der Waals surface area contributed by atoms with Crippen LogP contribution in [0.1, 0.15) is 25.7 Å². The zero-order valence-corrected chi connectivity index (χ0v) is 20.5. The second-order valence-electron chi connectivity index (χ2n) is 10.9. The number of aromatic nitrogens is 2. The van der Waals surface area contributed by atoms with Crippen molar-refractivity contribution >= 4 is 27.5 Å². The van der Waals surface area contributed by atoms with Crippen molar-refractivity contribution in [2.75, 3.05) is 31.2 Å². The van der Waals surface area contributed by atoms with Crippen molar-refractivity contribution in [1.29, 1.82) is 0 Å². The minimum absolute atomic E-state index is 0.0533. The summed E-state index contributed by atoms with van der Waals surface area (Å²) in [7, 11) is 0. The summed E-state index contributed by atoms with van der Waals surface area (Å²) in [5.41, 5.74) is 0.928. The summed E-state index contributed by atoms with van der Waals surface area (Å²) in [5.74, 6) is 0.289. The number of hydrogen-bond donors (Lipinski definition) is 3. The molecule has 7 rings (SSSR count). The van der Waals surface area contributed by atoms with E-state index in [1.54, 1.807) is 18.2 Å². The Labute approximate surface area is 213 Å². The van der Waals surface area contributed by atoms with Crippen molar-refractivity contribution < 1.29 is 19.3 Å². The molecule has 0 spiro atoms. The number of ether oxygens (including phenoxy) is 1. The van der Waals surface area contributed by atoms with Crippen LogP contribution >= 0.6 is 0 Å². The number of aliphatic hydroxyl groups is 1. The lowest BCUT2D eigenvalue weighted by Crippen LogP contribution is -2.51. The lowest BCUT2D eigenvalue weighted by Gasteiger charge is -2.34. The van der Waals surface area contributed by atoms with Crippen LogP contribution in [0.3, 0.4) is 0 Å². The van der Waals surface area contributed by atoms with Gasteiger partial charge in [0, 0.05) is 41.5 Å². The molecule has 1 saturated carbocycles. The van der Waals surface area contributed by atoms with Gasteiger partial charge >= 0.3 is 6.01 Å². The third-order valence-corrected chi connectivity index (χ3v) is 8.22. The SMILES string of the molecule is OCC1(COc2nc(N3CC4CCC(C3)N4)c3ccc(-c4cc(O)cc5ccccc45)c(F)c3n2)CC1. The number of anilines is 1. The maximum atomic E-state index is 16.4. The molecule has 2 bridgehead atoms. The topological polar surface area (TPSA) is 90.7 Å². The van der Waals surface area contributed by atoms with Gasteiger partial charge in [0.1, 0.15) is 17.1 Å². The Morgan fingerprint density at radius 3 is 2.54 bits per heavy atom. The van der Waals surface area contributed by atoms with Crippen molar-refractivity contribution in [3.8, 4) is 22.9 Å². The number of aromatic hydroxyl groups is 1. The van der Waals surface area contributed by atoms with Gasteiger partial charge in [-0.2, -0.15) is 9.97 Å². The summed E-state index contributed by atoms with van der Waals surface area (Å²) in [6, 6.07) is 15.4. The molecular formula is C29H29FN4O3. The van der Waals surface area contributed by atoms with Gasteiger partial charge in [0.05, 0.1) is 13.2 Å². The third kappa shape index (κ3) is 3.95. The van der Waals surface area contributed by atoms with Gasteiger partial charge in [-0.25, -0.2) is 4.39 Å². The fourth-order valence-corrected chi connectivity index (χ4v) is 5.87. The van der Waals surface area contributed by atoms with Crippen molar-refractivity contribution in [2.24, 2.45) is 5.41 Å². The Balaban J connectivity index is 1.38. The molecule has 2 unspecified atom stereocenters. The Bertz CT molecular complexity index is 1510. The van der Waals surface area contributed by atoms with E-state index >= 15 is 4.39 Å². The Morgan fingerprint density at radius 1 is 1.00 bits per heavy atom. The average molecular weight is 501 g/mol. The smallest absolute Gasteiger partial charge is 0.319 e. The zero-order valence-electron chi connectivity index (χ0n) is 20.5. The van der Waals surface area contributed by atoms with E-state index in [-0.39, 0.29) is 29.3 Å². The van der Waals surface area contributed by atoms with E-state index in [1.807, 2.05) is 30.3 Å². The first kappa shape index (κ1) is 22.7. The number of aliphatic hydroxyl groups excluding tert-OH is 1. The minimum atomic E-state index is -0.469. The van der Waals surface area contributed by atoms with Gasteiger partial charge in [-0.05, 0) is 60.2 Å². The molecule has 1 aliphatic carbocycles. The van der Waals surface area contributed by atoms with Crippen molar-refractivity contribution in [3.05, 3.63) is 54.3 Å². The summed E-state index contributed by atoms with van der Waals surface area (Å²) >= 11 is 0. The highest BCUT2D eigenvalue weighted by Crippen LogP contribution is 2.45. The largest absolute Gasteiger partial charge is 0.508 e. The highest BCUT2D eigenvalue weighted by Gasteiger charge is 2.43. The number of nitrogens with zero attached hydrogens (tertiary/aromatic N) is 3. The van der Waals surface area contributed by atoms with E-state index in [2.05, 4.69) is 15.2 Å². The molecule has 4 aromatic rings. The molecule has 3 aliphatic rings.